The summed E-state index contributed by atoms with van der Waals surface area (Å²) in [5.41, 5.74) is 1.56. The summed E-state index contributed by atoms with van der Waals surface area (Å²) in [6, 6.07) is 0. The Balaban J connectivity index is 2.35. The van der Waals surface area contributed by atoms with Crippen LogP contribution in [0.5, 0.6) is 0 Å². The Morgan fingerprint density at radius 2 is 2.25 bits per heavy atom. The Hall–Kier alpha value is -0.520. The lowest BCUT2D eigenvalue weighted by Gasteiger charge is -2.14. The van der Waals surface area contributed by atoms with E-state index in [-0.39, 0.29) is 0 Å². The fraction of sp³-hybridized carbons (Fsp3) is 0.667. The molecule has 0 fully saturated rings. The maximum atomic E-state index is 2.40. The summed E-state index contributed by atoms with van der Waals surface area (Å²) in [6.45, 7) is 4.61. The van der Waals surface area contributed by atoms with E-state index in [1.54, 1.807) is 5.57 Å². The van der Waals surface area contributed by atoms with Crippen molar-refractivity contribution in [3.8, 4) is 0 Å². The second kappa shape index (κ2) is 5.18. The van der Waals surface area contributed by atoms with E-state index in [0.717, 1.165) is 5.92 Å². The lowest BCUT2D eigenvalue weighted by atomic mass is 9.91. The molecule has 1 aliphatic rings. The second-order valence-electron chi connectivity index (χ2n) is 3.73. The zero-order valence-corrected chi connectivity index (χ0v) is 8.34. The van der Waals surface area contributed by atoms with Gasteiger partial charge in [-0.2, -0.15) is 0 Å². The van der Waals surface area contributed by atoms with Crippen molar-refractivity contribution in [1.29, 1.82) is 0 Å². The quantitative estimate of drug-likeness (QED) is 0.587. The van der Waals surface area contributed by atoms with Crippen LogP contribution in [0.25, 0.3) is 0 Å². The first-order valence-electron chi connectivity index (χ1n) is 5.21. The highest BCUT2D eigenvalue weighted by Gasteiger charge is 2.06. The minimum absolute atomic E-state index is 0.779. The van der Waals surface area contributed by atoms with Crippen LogP contribution in [0.4, 0.5) is 0 Å². The Morgan fingerprint density at radius 3 is 2.83 bits per heavy atom. The predicted octanol–water partition coefficient (Wildman–Crippen LogP) is 4.09. The fourth-order valence-corrected chi connectivity index (χ4v) is 1.68. The van der Waals surface area contributed by atoms with E-state index >= 15 is 0 Å². The SMILES string of the molecule is CCCCC(C)C1=CCCC=C1. The smallest absolute Gasteiger partial charge is 0.0194 e. The minimum atomic E-state index is 0.779. The Kier molecular flexibility index (Phi) is 4.13. The van der Waals surface area contributed by atoms with Crippen molar-refractivity contribution < 1.29 is 0 Å². The molecule has 1 unspecified atom stereocenters. The number of rotatable bonds is 4. The molecule has 0 heterocycles. The molecular formula is C12H20. The Bertz CT molecular complexity index is 174. The molecule has 1 atom stereocenters. The predicted molar refractivity (Wildman–Crippen MR) is 55.1 cm³/mol. The normalized spacial score (nSPS) is 19.0. The lowest BCUT2D eigenvalue weighted by Crippen LogP contribution is -1.99. The van der Waals surface area contributed by atoms with Crippen LogP contribution in [-0.4, -0.2) is 0 Å². The summed E-state index contributed by atoms with van der Waals surface area (Å²) in [6.07, 6.45) is 13.6. The van der Waals surface area contributed by atoms with Gasteiger partial charge in [-0.15, -0.1) is 0 Å². The Labute approximate surface area is 76.4 Å². The average molecular weight is 164 g/mol. The molecule has 0 nitrogen and oxygen atoms in total. The molecule has 0 heteroatoms. The first kappa shape index (κ1) is 9.57. The summed E-state index contributed by atoms with van der Waals surface area (Å²) in [5.74, 6) is 0.779. The first-order chi connectivity index (χ1) is 5.84. The highest BCUT2D eigenvalue weighted by molar-refractivity contribution is 5.24. The van der Waals surface area contributed by atoms with Crippen molar-refractivity contribution in [1.82, 2.24) is 0 Å². The van der Waals surface area contributed by atoms with Crippen LogP contribution in [0.15, 0.2) is 23.8 Å². The maximum absolute atomic E-state index is 2.40. The number of unbranched alkanes of at least 4 members (excludes halogenated alkanes) is 1. The van der Waals surface area contributed by atoms with Gasteiger partial charge in [-0.3, -0.25) is 0 Å². The van der Waals surface area contributed by atoms with Gasteiger partial charge in [-0.1, -0.05) is 44.9 Å². The molecule has 0 aliphatic heterocycles. The topological polar surface area (TPSA) is 0 Å². The molecule has 0 saturated carbocycles. The third-order valence-electron chi connectivity index (χ3n) is 2.58. The molecule has 0 amide bonds. The Morgan fingerprint density at radius 1 is 1.42 bits per heavy atom. The van der Waals surface area contributed by atoms with Crippen molar-refractivity contribution in [3.05, 3.63) is 23.8 Å². The van der Waals surface area contributed by atoms with Crippen LogP contribution >= 0.6 is 0 Å². The van der Waals surface area contributed by atoms with E-state index < -0.39 is 0 Å². The molecule has 1 rings (SSSR count). The third-order valence-corrected chi connectivity index (χ3v) is 2.58. The van der Waals surface area contributed by atoms with Crippen LogP contribution in [0.3, 0.4) is 0 Å². The molecule has 1 aliphatic carbocycles. The van der Waals surface area contributed by atoms with E-state index in [4.69, 9.17) is 0 Å². The van der Waals surface area contributed by atoms with Crippen molar-refractivity contribution in [2.45, 2.75) is 46.0 Å². The third kappa shape index (κ3) is 2.84. The molecule has 12 heavy (non-hydrogen) atoms. The van der Waals surface area contributed by atoms with Crippen LogP contribution in [0.1, 0.15) is 46.0 Å². The van der Waals surface area contributed by atoms with Crippen LogP contribution in [0, 0.1) is 5.92 Å². The highest BCUT2D eigenvalue weighted by atomic mass is 14.1. The van der Waals surface area contributed by atoms with Gasteiger partial charge in [0.25, 0.3) is 0 Å². The molecule has 0 aromatic rings. The first-order valence-corrected chi connectivity index (χ1v) is 5.21. The maximum Gasteiger partial charge on any atom is -0.0194 e. The van der Waals surface area contributed by atoms with E-state index in [9.17, 15) is 0 Å². The van der Waals surface area contributed by atoms with Crippen LogP contribution < -0.4 is 0 Å². The standard InChI is InChI=1S/C12H20/c1-3-4-8-11(2)12-9-6-5-7-10-12/h6,9-11H,3-5,7-8H2,1-2H3. The van der Waals surface area contributed by atoms with Gasteiger partial charge in [0.2, 0.25) is 0 Å². The van der Waals surface area contributed by atoms with E-state index in [2.05, 4.69) is 32.1 Å². The molecule has 0 saturated heterocycles. The molecule has 0 aromatic heterocycles. The van der Waals surface area contributed by atoms with Gasteiger partial charge in [0.1, 0.15) is 0 Å². The van der Waals surface area contributed by atoms with Crippen LogP contribution in [0.2, 0.25) is 0 Å². The molecular weight excluding hydrogens is 144 g/mol. The zero-order valence-electron chi connectivity index (χ0n) is 8.34. The summed E-state index contributed by atoms with van der Waals surface area (Å²) < 4.78 is 0. The molecule has 0 radical (unpaired) electrons. The van der Waals surface area contributed by atoms with E-state index in [1.807, 2.05) is 0 Å². The summed E-state index contributed by atoms with van der Waals surface area (Å²) >= 11 is 0. The zero-order chi connectivity index (χ0) is 8.81. The van der Waals surface area contributed by atoms with Gasteiger partial charge in [0, 0.05) is 0 Å². The van der Waals surface area contributed by atoms with E-state index in [1.165, 1.54) is 32.1 Å². The summed E-state index contributed by atoms with van der Waals surface area (Å²) in [4.78, 5) is 0. The van der Waals surface area contributed by atoms with Crippen LogP contribution in [-0.2, 0) is 0 Å². The fourth-order valence-electron chi connectivity index (χ4n) is 1.68. The van der Waals surface area contributed by atoms with Gasteiger partial charge < -0.3 is 0 Å². The highest BCUT2D eigenvalue weighted by Crippen LogP contribution is 2.22. The van der Waals surface area contributed by atoms with Crippen molar-refractivity contribution in [2.75, 3.05) is 0 Å². The molecule has 0 spiro atoms. The molecule has 0 aromatic carbocycles. The van der Waals surface area contributed by atoms with Gasteiger partial charge >= 0.3 is 0 Å². The summed E-state index contributed by atoms with van der Waals surface area (Å²) in [7, 11) is 0. The minimum Gasteiger partial charge on any atom is -0.0840 e. The van der Waals surface area contributed by atoms with Gasteiger partial charge in [0.15, 0.2) is 0 Å². The van der Waals surface area contributed by atoms with Crippen molar-refractivity contribution in [3.63, 3.8) is 0 Å². The molecule has 0 N–H and O–H groups in total. The largest absolute Gasteiger partial charge is 0.0840 e. The van der Waals surface area contributed by atoms with Crippen molar-refractivity contribution in [2.24, 2.45) is 5.92 Å². The second-order valence-corrected chi connectivity index (χ2v) is 3.73. The number of hydrogen-bond acceptors (Lipinski definition) is 0. The van der Waals surface area contributed by atoms with Gasteiger partial charge in [-0.25, -0.2) is 0 Å². The monoisotopic (exact) mass is 164 g/mol. The van der Waals surface area contributed by atoms with Crippen molar-refractivity contribution >= 4 is 0 Å². The average Bonchev–Trinajstić information content (AvgIpc) is 2.15. The van der Waals surface area contributed by atoms with E-state index in [0.29, 0.717) is 0 Å². The number of allylic oxidation sites excluding steroid dienone is 4. The lowest BCUT2D eigenvalue weighted by molar-refractivity contribution is 0.577. The van der Waals surface area contributed by atoms with Gasteiger partial charge in [0.05, 0.1) is 0 Å². The van der Waals surface area contributed by atoms with Gasteiger partial charge in [-0.05, 0) is 30.8 Å². The molecule has 0 bridgehead atoms. The molecule has 68 valence electrons. The number of hydrogen-bond donors (Lipinski definition) is 0. The summed E-state index contributed by atoms with van der Waals surface area (Å²) in [5, 5.41) is 0.